The normalized spacial score (nSPS) is 10.8. The lowest BCUT2D eigenvalue weighted by atomic mass is 10.3. The third-order valence-corrected chi connectivity index (χ3v) is 1.46. The van der Waals surface area contributed by atoms with Gasteiger partial charge in [-0.25, -0.2) is 9.97 Å². The van der Waals surface area contributed by atoms with Crippen molar-refractivity contribution in [2.75, 3.05) is 5.32 Å². The fourth-order valence-electron chi connectivity index (χ4n) is 0.692. The molecule has 1 rings (SSSR count). The Morgan fingerprint density at radius 3 is 2.57 bits per heavy atom. The van der Waals surface area contributed by atoms with Crippen LogP contribution in [0.25, 0.3) is 0 Å². The predicted molar refractivity (Wildman–Crippen MR) is 41.4 cm³/mol. The second-order valence-corrected chi connectivity index (χ2v) is 2.48. The third kappa shape index (κ3) is 2.47. The molecule has 0 fully saturated rings. The van der Waals surface area contributed by atoms with E-state index >= 15 is 0 Å². The van der Waals surface area contributed by atoms with Crippen molar-refractivity contribution in [3.05, 3.63) is 17.0 Å². The van der Waals surface area contributed by atoms with Crippen molar-refractivity contribution in [2.45, 2.75) is 6.30 Å². The van der Waals surface area contributed by atoms with Crippen LogP contribution < -0.4 is 5.32 Å². The van der Waals surface area contributed by atoms with Crippen molar-refractivity contribution in [2.24, 2.45) is 0 Å². The fourth-order valence-corrected chi connectivity index (χ4v) is 0.868. The van der Waals surface area contributed by atoms with Gasteiger partial charge in [0.05, 0.1) is 0 Å². The van der Waals surface area contributed by atoms with E-state index in [1.54, 1.807) is 0 Å². The van der Waals surface area contributed by atoms with Gasteiger partial charge in [-0.15, -0.1) is 0 Å². The highest BCUT2D eigenvalue weighted by Crippen LogP contribution is 2.23. The molecule has 0 atom stereocenters. The first-order valence-corrected chi connectivity index (χ1v) is 3.57. The summed E-state index contributed by atoms with van der Waals surface area (Å²) in [6.45, 7) is 0. The minimum atomic E-state index is -4.66. The number of nitrogens with zero attached hydrogens (tertiary/aromatic N) is 3. The van der Waals surface area contributed by atoms with Gasteiger partial charge in [-0.3, -0.25) is 5.32 Å². The van der Waals surface area contributed by atoms with Gasteiger partial charge in [0.25, 0.3) is 0 Å². The summed E-state index contributed by atoms with van der Waals surface area (Å²) in [5, 5.41) is 9.23. The van der Waals surface area contributed by atoms with E-state index in [4.69, 9.17) is 16.9 Å². The number of anilines is 1. The second-order valence-electron chi connectivity index (χ2n) is 2.12. The van der Waals surface area contributed by atoms with Crippen LogP contribution >= 0.6 is 11.6 Å². The van der Waals surface area contributed by atoms with Crippen LogP contribution in [-0.2, 0) is 0 Å². The van der Waals surface area contributed by atoms with E-state index in [0.29, 0.717) is 0 Å². The van der Waals surface area contributed by atoms with E-state index in [-0.39, 0.29) is 5.15 Å². The maximum atomic E-state index is 11.9. The summed E-state index contributed by atoms with van der Waals surface area (Å²) in [5.41, 5.74) is -0.438. The summed E-state index contributed by atoms with van der Waals surface area (Å²) in [6, 6.07) is 1.47. The maximum absolute atomic E-state index is 11.9. The number of rotatable bonds is 1. The molecule has 1 heterocycles. The lowest BCUT2D eigenvalue weighted by molar-refractivity contribution is -0.100. The summed E-state index contributed by atoms with van der Waals surface area (Å²) >= 11 is 5.38. The van der Waals surface area contributed by atoms with Gasteiger partial charge in [0.2, 0.25) is 0 Å². The van der Waals surface area contributed by atoms with Gasteiger partial charge in [0.1, 0.15) is 18.0 Å². The number of aromatic nitrogens is 2. The highest BCUT2D eigenvalue weighted by atomic mass is 35.5. The van der Waals surface area contributed by atoms with Crippen molar-refractivity contribution in [1.82, 2.24) is 9.97 Å². The Balaban J connectivity index is 3.10. The van der Waals surface area contributed by atoms with Crippen LogP contribution in [0.4, 0.5) is 19.0 Å². The molecular formula is C6H2ClF3N4. The van der Waals surface area contributed by atoms with Gasteiger partial charge in [-0.05, 0) is 0 Å². The lowest BCUT2D eigenvalue weighted by Gasteiger charge is -2.09. The molecule has 8 heteroatoms. The maximum Gasteiger partial charge on any atom is 0.483 e. The van der Waals surface area contributed by atoms with Crippen molar-refractivity contribution < 1.29 is 13.2 Å². The van der Waals surface area contributed by atoms with Gasteiger partial charge in [-0.2, -0.15) is 18.4 Å². The Morgan fingerprint density at radius 2 is 2.07 bits per heavy atom. The van der Waals surface area contributed by atoms with Gasteiger partial charge in [0, 0.05) is 0 Å². The molecule has 74 valence electrons. The molecule has 0 bridgehead atoms. The topological polar surface area (TPSA) is 61.6 Å². The van der Waals surface area contributed by atoms with E-state index in [2.05, 4.69) is 9.97 Å². The molecule has 0 unspecified atom stereocenters. The summed E-state index contributed by atoms with van der Waals surface area (Å²) in [7, 11) is 0. The predicted octanol–water partition coefficient (Wildman–Crippen LogP) is 1.93. The fraction of sp³-hybridized carbons (Fsp3) is 0.167. The number of halogens is 4. The molecule has 1 aromatic rings. The van der Waals surface area contributed by atoms with Crippen molar-refractivity contribution in [3.8, 4) is 6.07 Å². The first kappa shape index (κ1) is 10.5. The minimum Gasteiger partial charge on any atom is -0.280 e. The Morgan fingerprint density at radius 1 is 1.43 bits per heavy atom. The summed E-state index contributed by atoms with van der Waals surface area (Å²) in [4.78, 5) is 6.61. The van der Waals surface area contributed by atoms with Gasteiger partial charge < -0.3 is 0 Å². The number of nitriles is 1. The Bertz CT molecular complexity index is 384. The summed E-state index contributed by atoms with van der Waals surface area (Å²) in [5.74, 6) is -0.653. The molecule has 0 aliphatic heterocycles. The highest BCUT2D eigenvalue weighted by molar-refractivity contribution is 6.30. The molecular weight excluding hydrogens is 221 g/mol. The first-order valence-electron chi connectivity index (χ1n) is 3.19. The molecule has 0 spiro atoms. The summed E-state index contributed by atoms with van der Waals surface area (Å²) < 4.78 is 35.6. The molecule has 0 aliphatic carbocycles. The Hall–Kier alpha value is -1.55. The Kier molecular flexibility index (Phi) is 2.76. The largest absolute Gasteiger partial charge is 0.483 e. The average Bonchev–Trinajstić information content (AvgIpc) is 2.01. The highest BCUT2D eigenvalue weighted by Gasteiger charge is 2.29. The van der Waals surface area contributed by atoms with Gasteiger partial charge >= 0.3 is 6.30 Å². The van der Waals surface area contributed by atoms with Crippen LogP contribution in [-0.4, -0.2) is 16.3 Å². The molecule has 0 aliphatic rings. The molecule has 4 nitrogen and oxygen atoms in total. The van der Waals surface area contributed by atoms with Gasteiger partial charge in [-0.1, -0.05) is 11.6 Å². The van der Waals surface area contributed by atoms with Crippen LogP contribution in [0.2, 0.25) is 5.15 Å². The quantitative estimate of drug-likeness (QED) is 0.583. The molecule has 0 amide bonds. The van der Waals surface area contributed by atoms with Crippen molar-refractivity contribution in [3.63, 3.8) is 0 Å². The molecule has 0 aromatic carbocycles. The zero-order chi connectivity index (χ0) is 10.8. The first-order chi connectivity index (χ1) is 6.44. The van der Waals surface area contributed by atoms with Crippen molar-refractivity contribution in [1.29, 1.82) is 5.26 Å². The lowest BCUT2D eigenvalue weighted by Crippen LogP contribution is -2.22. The molecule has 1 N–H and O–H groups in total. The second kappa shape index (κ2) is 3.67. The van der Waals surface area contributed by atoms with Crippen LogP contribution in [0, 0.1) is 11.3 Å². The van der Waals surface area contributed by atoms with E-state index in [0.717, 1.165) is 11.6 Å². The van der Waals surface area contributed by atoms with E-state index < -0.39 is 17.7 Å². The van der Waals surface area contributed by atoms with Crippen LogP contribution in [0.3, 0.4) is 0 Å². The average molecular weight is 223 g/mol. The number of alkyl halides is 3. The molecule has 0 saturated heterocycles. The third-order valence-electron chi connectivity index (χ3n) is 1.17. The molecule has 0 saturated carbocycles. The molecule has 0 radical (unpaired) electrons. The molecule has 14 heavy (non-hydrogen) atoms. The number of nitrogens with one attached hydrogen (secondary N) is 1. The minimum absolute atomic E-state index is 0.325. The SMILES string of the molecule is N#Cc1c(Cl)ncnc1NC(F)(F)F. The van der Waals surface area contributed by atoms with Crippen LogP contribution in [0.15, 0.2) is 6.33 Å². The number of hydrogen-bond acceptors (Lipinski definition) is 4. The zero-order valence-corrected chi connectivity index (χ0v) is 7.19. The van der Waals surface area contributed by atoms with Crippen LogP contribution in [0.5, 0.6) is 0 Å². The number of hydrogen-bond donors (Lipinski definition) is 1. The monoisotopic (exact) mass is 222 g/mol. The standard InChI is InChI=1S/C6H2ClF3N4/c7-4-3(1-11)5(13-2-12-4)14-6(8,9)10/h2H,(H,12,13,14). The van der Waals surface area contributed by atoms with E-state index in [9.17, 15) is 13.2 Å². The molecule has 1 aromatic heterocycles. The summed E-state index contributed by atoms with van der Waals surface area (Å²) in [6.07, 6.45) is -3.83. The van der Waals surface area contributed by atoms with Crippen LogP contribution in [0.1, 0.15) is 5.56 Å². The van der Waals surface area contributed by atoms with E-state index in [1.165, 1.54) is 6.07 Å². The zero-order valence-electron chi connectivity index (χ0n) is 6.43. The van der Waals surface area contributed by atoms with Gasteiger partial charge in [0.15, 0.2) is 11.0 Å². The Labute approximate surface area is 81.3 Å². The van der Waals surface area contributed by atoms with Crippen molar-refractivity contribution >= 4 is 17.4 Å². The van der Waals surface area contributed by atoms with E-state index in [1.807, 2.05) is 0 Å². The smallest absolute Gasteiger partial charge is 0.280 e.